The summed E-state index contributed by atoms with van der Waals surface area (Å²) >= 11 is 0. The summed E-state index contributed by atoms with van der Waals surface area (Å²) in [6, 6.07) is 4.45. The summed E-state index contributed by atoms with van der Waals surface area (Å²) in [5, 5.41) is 0. The zero-order valence-electron chi connectivity index (χ0n) is 11.3. The molecule has 0 spiro atoms. The van der Waals surface area contributed by atoms with E-state index in [1.165, 1.54) is 18.4 Å². The van der Waals surface area contributed by atoms with E-state index in [0.29, 0.717) is 6.42 Å². The first-order chi connectivity index (χ1) is 10.4. The van der Waals surface area contributed by atoms with Crippen LogP contribution in [0.1, 0.15) is 17.5 Å². The third-order valence-corrected chi connectivity index (χ3v) is 3.54. The molecule has 2 heterocycles. The van der Waals surface area contributed by atoms with Gasteiger partial charge in [0.2, 0.25) is 5.78 Å². The van der Waals surface area contributed by atoms with Crippen molar-refractivity contribution in [2.45, 2.75) is 24.8 Å². The van der Waals surface area contributed by atoms with Crippen LogP contribution in [-0.4, -0.2) is 18.0 Å². The van der Waals surface area contributed by atoms with Crippen LogP contribution in [0.4, 0.5) is 13.2 Å². The summed E-state index contributed by atoms with van der Waals surface area (Å²) in [6.45, 7) is 0. The van der Waals surface area contributed by atoms with E-state index in [-0.39, 0.29) is 17.0 Å². The molecule has 1 aromatic carbocycles. The number of carbonyl (C=O) groups is 1. The summed E-state index contributed by atoms with van der Waals surface area (Å²) in [6.07, 6.45) is -2.25. The van der Waals surface area contributed by atoms with Gasteiger partial charge in [-0.25, -0.2) is 0 Å². The van der Waals surface area contributed by atoms with Gasteiger partial charge in [-0.2, -0.15) is 13.2 Å². The van der Waals surface area contributed by atoms with Gasteiger partial charge in [-0.3, -0.25) is 4.79 Å². The summed E-state index contributed by atoms with van der Waals surface area (Å²) in [4.78, 5) is 12.4. The molecule has 1 aromatic rings. The predicted molar refractivity (Wildman–Crippen MR) is 71.1 cm³/mol. The highest BCUT2D eigenvalue weighted by atomic mass is 19.4. The molecule has 7 heteroatoms. The van der Waals surface area contributed by atoms with Crippen molar-refractivity contribution in [1.29, 1.82) is 0 Å². The molecule has 2 aliphatic rings. The van der Waals surface area contributed by atoms with Gasteiger partial charge in [-0.1, -0.05) is 12.1 Å². The lowest BCUT2D eigenvalue weighted by Gasteiger charge is -2.17. The summed E-state index contributed by atoms with van der Waals surface area (Å²) < 4.78 is 48.9. The first kappa shape index (κ1) is 14.5. The maximum absolute atomic E-state index is 12.8. The lowest BCUT2D eigenvalue weighted by Crippen LogP contribution is -2.32. The van der Waals surface area contributed by atoms with E-state index in [1.807, 2.05) is 0 Å². The average Bonchev–Trinajstić information content (AvgIpc) is 3.06. The largest absolute Gasteiger partial charge is 0.494 e. The molecule has 0 aliphatic carbocycles. The lowest BCUT2D eigenvalue weighted by molar-refractivity contribution is -0.137. The van der Waals surface area contributed by atoms with Crippen molar-refractivity contribution < 1.29 is 27.4 Å². The minimum atomic E-state index is -4.49. The number of rotatable bonds is 2. The van der Waals surface area contributed by atoms with E-state index in [0.717, 1.165) is 12.1 Å². The summed E-state index contributed by atoms with van der Waals surface area (Å²) in [5.41, 5.74) is 4.90. The molecule has 0 bridgehead atoms. The third-order valence-electron chi connectivity index (χ3n) is 3.54. The van der Waals surface area contributed by atoms with Crippen molar-refractivity contribution >= 4 is 11.4 Å². The standard InChI is InChI=1S/C15H12F3NO3/c16-15(17,18)9-4-1-3-8(7-9)11-12(20)13(22-14(11)19)10-5-2-6-21-10/h1-4,6-7,10,13H,5,19H2. The van der Waals surface area contributed by atoms with E-state index in [4.69, 9.17) is 15.2 Å². The predicted octanol–water partition coefficient (Wildman–Crippen LogP) is 2.60. The number of carbonyl (C=O) groups excluding carboxylic acids is 1. The van der Waals surface area contributed by atoms with Crippen LogP contribution >= 0.6 is 0 Å². The fourth-order valence-corrected chi connectivity index (χ4v) is 2.49. The monoisotopic (exact) mass is 311 g/mol. The van der Waals surface area contributed by atoms with Crippen LogP contribution < -0.4 is 5.73 Å². The van der Waals surface area contributed by atoms with Crippen LogP contribution in [0.15, 0.2) is 42.5 Å². The second-order valence-electron chi connectivity index (χ2n) is 5.00. The number of hydrogen-bond donors (Lipinski definition) is 1. The molecule has 0 saturated heterocycles. The average molecular weight is 311 g/mol. The van der Waals surface area contributed by atoms with Gasteiger partial charge < -0.3 is 15.2 Å². The minimum absolute atomic E-state index is 0.0356. The molecule has 0 saturated carbocycles. The maximum Gasteiger partial charge on any atom is 0.416 e. The van der Waals surface area contributed by atoms with Crippen molar-refractivity contribution in [3.05, 3.63) is 53.6 Å². The molecule has 0 aromatic heterocycles. The van der Waals surface area contributed by atoms with E-state index in [1.54, 1.807) is 6.08 Å². The highest BCUT2D eigenvalue weighted by molar-refractivity contribution is 6.25. The highest BCUT2D eigenvalue weighted by Crippen LogP contribution is 2.35. The Balaban J connectivity index is 1.91. The number of halogens is 3. The van der Waals surface area contributed by atoms with E-state index < -0.39 is 29.7 Å². The van der Waals surface area contributed by atoms with Gasteiger partial charge in [0.1, 0.15) is 6.10 Å². The first-order valence-electron chi connectivity index (χ1n) is 6.56. The smallest absolute Gasteiger partial charge is 0.416 e. The Hall–Kier alpha value is -2.44. The second kappa shape index (κ2) is 5.08. The zero-order chi connectivity index (χ0) is 15.9. The number of nitrogens with two attached hydrogens (primary N) is 1. The van der Waals surface area contributed by atoms with Gasteiger partial charge in [0.15, 0.2) is 12.0 Å². The fraction of sp³-hybridized carbons (Fsp3) is 0.267. The Morgan fingerprint density at radius 1 is 1.27 bits per heavy atom. The van der Waals surface area contributed by atoms with E-state index >= 15 is 0 Å². The number of ketones is 1. The summed E-state index contributed by atoms with van der Waals surface area (Å²) in [5.74, 6) is -0.643. The molecule has 0 fully saturated rings. The van der Waals surface area contributed by atoms with E-state index in [2.05, 4.69) is 0 Å². The third kappa shape index (κ3) is 2.43. The van der Waals surface area contributed by atoms with Crippen LogP contribution in [0.25, 0.3) is 5.57 Å². The van der Waals surface area contributed by atoms with Gasteiger partial charge in [0.25, 0.3) is 0 Å². The molecular formula is C15H12F3NO3. The quantitative estimate of drug-likeness (QED) is 0.912. The zero-order valence-corrected chi connectivity index (χ0v) is 11.3. The molecule has 2 aliphatic heterocycles. The highest BCUT2D eigenvalue weighted by Gasteiger charge is 2.42. The molecule has 4 nitrogen and oxygen atoms in total. The molecule has 2 atom stereocenters. The normalized spacial score (nSPS) is 24.6. The van der Waals surface area contributed by atoms with Crippen molar-refractivity contribution in [3.8, 4) is 0 Å². The molecule has 0 radical (unpaired) electrons. The number of benzene rings is 1. The Kier molecular flexibility index (Phi) is 3.35. The lowest BCUT2D eigenvalue weighted by atomic mass is 9.96. The SMILES string of the molecule is NC1=C(c2cccc(C(F)(F)F)c2)C(=O)C(C2CC=CO2)O1. The molecule has 22 heavy (non-hydrogen) atoms. The van der Waals surface area contributed by atoms with Crippen LogP contribution in [-0.2, 0) is 20.4 Å². The molecule has 0 amide bonds. The van der Waals surface area contributed by atoms with Crippen molar-refractivity contribution in [2.24, 2.45) is 5.73 Å². The van der Waals surface area contributed by atoms with Crippen molar-refractivity contribution in [3.63, 3.8) is 0 Å². The molecule has 116 valence electrons. The Morgan fingerprint density at radius 3 is 2.68 bits per heavy atom. The molecule has 3 rings (SSSR count). The number of hydrogen-bond acceptors (Lipinski definition) is 4. The van der Waals surface area contributed by atoms with Gasteiger partial charge >= 0.3 is 6.18 Å². The van der Waals surface area contributed by atoms with Gasteiger partial charge in [0, 0.05) is 6.42 Å². The van der Waals surface area contributed by atoms with E-state index in [9.17, 15) is 18.0 Å². The second-order valence-corrected chi connectivity index (χ2v) is 5.00. The maximum atomic E-state index is 12.8. The van der Waals surface area contributed by atoms with Gasteiger partial charge in [-0.05, 0) is 23.8 Å². The number of Topliss-reactive ketones (excluding diaryl/α,β-unsaturated/α-hetero) is 1. The molecular weight excluding hydrogens is 299 g/mol. The van der Waals surface area contributed by atoms with Crippen molar-refractivity contribution in [1.82, 2.24) is 0 Å². The summed E-state index contributed by atoms with van der Waals surface area (Å²) in [7, 11) is 0. The molecule has 2 unspecified atom stereocenters. The topological polar surface area (TPSA) is 61.6 Å². The van der Waals surface area contributed by atoms with Crippen LogP contribution in [0.2, 0.25) is 0 Å². The Morgan fingerprint density at radius 2 is 2.05 bits per heavy atom. The van der Waals surface area contributed by atoms with Crippen LogP contribution in [0.3, 0.4) is 0 Å². The first-order valence-corrected chi connectivity index (χ1v) is 6.56. The number of alkyl halides is 3. The van der Waals surface area contributed by atoms with Gasteiger partial charge in [-0.15, -0.1) is 0 Å². The van der Waals surface area contributed by atoms with Gasteiger partial charge in [0.05, 0.1) is 17.4 Å². The minimum Gasteiger partial charge on any atom is -0.494 e. The number of ether oxygens (including phenoxy) is 2. The Bertz CT molecular complexity index is 671. The van der Waals surface area contributed by atoms with Crippen LogP contribution in [0, 0.1) is 0 Å². The fourth-order valence-electron chi connectivity index (χ4n) is 2.49. The van der Waals surface area contributed by atoms with Crippen molar-refractivity contribution in [2.75, 3.05) is 0 Å². The molecule has 2 N–H and O–H groups in total. The Labute approximate surface area is 124 Å². The van der Waals surface area contributed by atoms with Crippen LogP contribution in [0.5, 0.6) is 0 Å².